The van der Waals surface area contributed by atoms with Crippen LogP contribution in [0, 0.1) is 0 Å². The van der Waals surface area contributed by atoms with E-state index in [1.165, 1.54) is 0 Å². The molecule has 0 saturated heterocycles. The first-order chi connectivity index (χ1) is 9.38. The predicted octanol–water partition coefficient (Wildman–Crippen LogP) is 3.77. The summed E-state index contributed by atoms with van der Waals surface area (Å²) in [4.78, 5) is 4.28. The first-order valence-electron chi connectivity index (χ1n) is 6.14. The molecular formula is C14H15BrN2O2S. The topological polar surface area (TPSA) is 59.1 Å². The van der Waals surface area contributed by atoms with Crippen LogP contribution in [0.1, 0.15) is 25.3 Å². The molecule has 1 N–H and O–H groups in total. The molecule has 0 aliphatic carbocycles. The average molecular weight is 355 g/mol. The lowest BCUT2D eigenvalue weighted by Gasteiger charge is -2.09. The molecule has 1 aromatic carbocycles. The second-order valence-corrected chi connectivity index (χ2v) is 7.17. The van der Waals surface area contributed by atoms with E-state index in [4.69, 9.17) is 0 Å². The molecule has 4 nitrogen and oxygen atoms in total. The van der Waals surface area contributed by atoms with Crippen molar-refractivity contribution in [1.82, 2.24) is 4.98 Å². The largest absolute Gasteiger partial charge is 0.263 e. The maximum atomic E-state index is 12.2. The lowest BCUT2D eigenvalue weighted by molar-refractivity contribution is 0.601. The molecular weight excluding hydrogens is 340 g/mol. The SMILES string of the molecule is CC(C)c1ccc(S(=O)(=O)Nc2cccc(Br)n2)cc1. The molecule has 0 bridgehead atoms. The molecule has 0 amide bonds. The van der Waals surface area contributed by atoms with Gasteiger partial charge in [0, 0.05) is 0 Å². The first kappa shape index (κ1) is 15.0. The maximum Gasteiger partial charge on any atom is 0.263 e. The maximum absolute atomic E-state index is 12.2. The Morgan fingerprint density at radius 1 is 1.10 bits per heavy atom. The van der Waals surface area contributed by atoms with Crippen LogP contribution in [0.5, 0.6) is 0 Å². The van der Waals surface area contributed by atoms with Crippen molar-refractivity contribution < 1.29 is 8.42 Å². The van der Waals surface area contributed by atoms with E-state index in [1.807, 2.05) is 12.1 Å². The average Bonchev–Trinajstić information content (AvgIpc) is 2.38. The van der Waals surface area contributed by atoms with Crippen molar-refractivity contribution in [3.8, 4) is 0 Å². The van der Waals surface area contributed by atoms with E-state index in [1.54, 1.807) is 30.3 Å². The van der Waals surface area contributed by atoms with Crippen LogP contribution in [0.25, 0.3) is 0 Å². The standard InChI is InChI=1S/C14H15BrN2O2S/c1-10(2)11-6-8-12(9-7-11)20(18,19)17-14-5-3-4-13(15)16-14/h3-10H,1-2H3,(H,16,17). The summed E-state index contributed by atoms with van der Waals surface area (Å²) in [5.74, 6) is 0.652. The van der Waals surface area contributed by atoms with Crippen molar-refractivity contribution in [2.75, 3.05) is 4.72 Å². The first-order valence-corrected chi connectivity index (χ1v) is 8.41. The molecule has 0 fully saturated rings. The van der Waals surface area contributed by atoms with Crippen LogP contribution in [0.4, 0.5) is 5.82 Å². The molecule has 20 heavy (non-hydrogen) atoms. The number of hydrogen-bond acceptors (Lipinski definition) is 3. The molecule has 2 aromatic rings. The fourth-order valence-corrected chi connectivity index (χ4v) is 3.04. The second-order valence-electron chi connectivity index (χ2n) is 4.67. The van der Waals surface area contributed by atoms with E-state index in [2.05, 4.69) is 39.5 Å². The summed E-state index contributed by atoms with van der Waals surface area (Å²) in [6.45, 7) is 4.13. The smallest absolute Gasteiger partial charge is 0.263 e. The molecule has 0 aliphatic rings. The van der Waals surface area contributed by atoms with Gasteiger partial charge in [-0.15, -0.1) is 0 Å². The molecule has 1 aromatic heterocycles. The van der Waals surface area contributed by atoms with Gasteiger partial charge >= 0.3 is 0 Å². The van der Waals surface area contributed by atoms with Crippen LogP contribution in [0.15, 0.2) is 52.0 Å². The zero-order valence-electron chi connectivity index (χ0n) is 11.2. The Morgan fingerprint density at radius 3 is 2.30 bits per heavy atom. The van der Waals surface area contributed by atoms with Gasteiger partial charge in [-0.1, -0.05) is 32.0 Å². The number of anilines is 1. The van der Waals surface area contributed by atoms with Gasteiger partial charge in [-0.05, 0) is 51.7 Å². The van der Waals surface area contributed by atoms with E-state index in [-0.39, 0.29) is 10.7 Å². The highest BCUT2D eigenvalue weighted by Crippen LogP contribution is 2.19. The minimum atomic E-state index is -3.61. The molecule has 106 valence electrons. The number of hydrogen-bond donors (Lipinski definition) is 1. The fraction of sp³-hybridized carbons (Fsp3) is 0.214. The zero-order chi connectivity index (χ0) is 14.8. The normalized spacial score (nSPS) is 11.6. The molecule has 0 aliphatic heterocycles. The van der Waals surface area contributed by atoms with Crippen molar-refractivity contribution in [3.63, 3.8) is 0 Å². The fourth-order valence-electron chi connectivity index (χ4n) is 1.69. The molecule has 2 rings (SSSR count). The van der Waals surface area contributed by atoms with Crippen LogP contribution < -0.4 is 4.72 Å². The van der Waals surface area contributed by atoms with Gasteiger partial charge in [-0.2, -0.15) is 0 Å². The highest BCUT2D eigenvalue weighted by atomic mass is 79.9. The van der Waals surface area contributed by atoms with E-state index in [0.717, 1.165) is 5.56 Å². The van der Waals surface area contributed by atoms with Crippen LogP contribution in [0.2, 0.25) is 0 Å². The molecule has 0 spiro atoms. The summed E-state index contributed by atoms with van der Waals surface area (Å²) in [5.41, 5.74) is 1.10. The summed E-state index contributed by atoms with van der Waals surface area (Å²) in [6.07, 6.45) is 0. The summed E-state index contributed by atoms with van der Waals surface area (Å²) in [6, 6.07) is 11.9. The van der Waals surface area contributed by atoms with Crippen molar-refractivity contribution in [3.05, 3.63) is 52.6 Å². The van der Waals surface area contributed by atoms with Crippen molar-refractivity contribution in [1.29, 1.82) is 0 Å². The van der Waals surface area contributed by atoms with Crippen LogP contribution >= 0.6 is 15.9 Å². The Bertz CT molecular complexity index is 697. The van der Waals surface area contributed by atoms with Crippen LogP contribution in [-0.2, 0) is 10.0 Å². The minimum absolute atomic E-state index is 0.226. The van der Waals surface area contributed by atoms with Gasteiger partial charge in [-0.25, -0.2) is 13.4 Å². The van der Waals surface area contributed by atoms with Crippen molar-refractivity contribution in [2.45, 2.75) is 24.7 Å². The van der Waals surface area contributed by atoms with E-state index < -0.39 is 10.0 Å². The number of benzene rings is 1. The van der Waals surface area contributed by atoms with Gasteiger partial charge in [0.1, 0.15) is 10.4 Å². The predicted molar refractivity (Wildman–Crippen MR) is 83.3 cm³/mol. The summed E-state index contributed by atoms with van der Waals surface area (Å²) in [7, 11) is -3.61. The third-order valence-corrected chi connectivity index (χ3v) is 4.62. The van der Waals surface area contributed by atoms with Crippen LogP contribution in [0.3, 0.4) is 0 Å². The second kappa shape index (κ2) is 5.93. The third-order valence-electron chi connectivity index (χ3n) is 2.81. The Balaban J connectivity index is 2.26. The number of pyridine rings is 1. The lowest BCUT2D eigenvalue weighted by atomic mass is 10.0. The molecule has 6 heteroatoms. The van der Waals surface area contributed by atoms with E-state index in [0.29, 0.717) is 10.5 Å². The highest BCUT2D eigenvalue weighted by molar-refractivity contribution is 9.10. The van der Waals surface area contributed by atoms with Gasteiger partial charge < -0.3 is 0 Å². The van der Waals surface area contributed by atoms with Gasteiger partial charge in [0.2, 0.25) is 0 Å². The number of halogens is 1. The van der Waals surface area contributed by atoms with Gasteiger partial charge in [-0.3, -0.25) is 4.72 Å². The van der Waals surface area contributed by atoms with E-state index in [9.17, 15) is 8.42 Å². The summed E-state index contributed by atoms with van der Waals surface area (Å²) < 4.78 is 27.5. The quantitative estimate of drug-likeness (QED) is 0.850. The zero-order valence-corrected chi connectivity index (χ0v) is 13.6. The Morgan fingerprint density at radius 2 is 1.75 bits per heavy atom. The molecule has 0 saturated carbocycles. The van der Waals surface area contributed by atoms with Crippen molar-refractivity contribution in [2.24, 2.45) is 0 Å². The molecule has 0 atom stereocenters. The Kier molecular flexibility index (Phi) is 4.45. The minimum Gasteiger partial charge on any atom is -0.263 e. The Hall–Kier alpha value is -1.40. The highest BCUT2D eigenvalue weighted by Gasteiger charge is 2.15. The van der Waals surface area contributed by atoms with Gasteiger partial charge in [0.15, 0.2) is 0 Å². The molecule has 0 unspecified atom stereocenters. The molecule has 1 heterocycles. The van der Waals surface area contributed by atoms with Crippen LogP contribution in [-0.4, -0.2) is 13.4 Å². The number of sulfonamides is 1. The van der Waals surface area contributed by atoms with Gasteiger partial charge in [0.05, 0.1) is 4.90 Å². The summed E-state index contributed by atoms with van der Waals surface area (Å²) in [5, 5.41) is 0. The monoisotopic (exact) mass is 354 g/mol. The number of nitrogens with one attached hydrogen (secondary N) is 1. The summed E-state index contributed by atoms with van der Waals surface area (Å²) >= 11 is 3.21. The Labute approximate surface area is 127 Å². The van der Waals surface area contributed by atoms with E-state index >= 15 is 0 Å². The molecule has 0 radical (unpaired) electrons. The van der Waals surface area contributed by atoms with Gasteiger partial charge in [0.25, 0.3) is 10.0 Å². The van der Waals surface area contributed by atoms with Crippen molar-refractivity contribution >= 4 is 31.8 Å². The number of aromatic nitrogens is 1. The third kappa shape index (κ3) is 3.58. The number of nitrogens with zero attached hydrogens (tertiary/aromatic N) is 1. The number of rotatable bonds is 4. The lowest BCUT2D eigenvalue weighted by Crippen LogP contribution is -2.14.